The molecule has 1 unspecified atom stereocenters. The van der Waals surface area contributed by atoms with Crippen molar-refractivity contribution in [3.05, 3.63) is 0 Å². The van der Waals surface area contributed by atoms with E-state index < -0.39 is 12.0 Å². The predicted molar refractivity (Wildman–Crippen MR) is 71.9 cm³/mol. The van der Waals surface area contributed by atoms with Gasteiger partial charge in [-0.2, -0.15) is 0 Å². The minimum atomic E-state index is -0.913. The first-order chi connectivity index (χ1) is 9.06. The van der Waals surface area contributed by atoms with Crippen LogP contribution in [0.4, 0.5) is 4.79 Å². The third kappa shape index (κ3) is 4.40. The number of carbonyl (C=O) groups excluding carboxylic acids is 1. The molecule has 2 N–H and O–H groups in total. The van der Waals surface area contributed by atoms with E-state index in [1.165, 1.54) is 0 Å². The van der Waals surface area contributed by atoms with E-state index in [-0.39, 0.29) is 6.03 Å². The number of aliphatic carboxylic acids is 1. The van der Waals surface area contributed by atoms with Gasteiger partial charge in [-0.1, -0.05) is 19.8 Å². The van der Waals surface area contributed by atoms with Gasteiger partial charge in [-0.15, -0.1) is 0 Å². The number of nitrogens with one attached hydrogen (secondary N) is 1. The van der Waals surface area contributed by atoms with Gasteiger partial charge in [-0.3, -0.25) is 0 Å². The van der Waals surface area contributed by atoms with Crippen LogP contribution in [0, 0.1) is 11.8 Å². The van der Waals surface area contributed by atoms with Crippen LogP contribution in [0.5, 0.6) is 0 Å². The van der Waals surface area contributed by atoms with Gasteiger partial charge in [0, 0.05) is 13.1 Å². The standard InChI is InChI=1S/C14H24N2O3/c1-10-3-2-7-16(8-6-10)14(19)15-12(13(17)18)9-11-4-5-11/h10-12H,2-9H2,1H3,(H,15,19)(H,17,18)/t10?,12-/m0/s1. The van der Waals surface area contributed by atoms with Crippen molar-refractivity contribution in [1.29, 1.82) is 0 Å². The number of carboxylic acid groups (broad SMARTS) is 1. The molecule has 2 fully saturated rings. The molecular formula is C14H24N2O3. The van der Waals surface area contributed by atoms with Crippen molar-refractivity contribution in [1.82, 2.24) is 10.2 Å². The van der Waals surface area contributed by atoms with Crippen molar-refractivity contribution < 1.29 is 14.7 Å². The highest BCUT2D eigenvalue weighted by atomic mass is 16.4. The number of rotatable bonds is 4. The minimum Gasteiger partial charge on any atom is -0.480 e. The Hall–Kier alpha value is -1.26. The number of carboxylic acids is 1. The van der Waals surface area contributed by atoms with Crippen LogP contribution < -0.4 is 5.32 Å². The molecule has 2 amide bonds. The maximum atomic E-state index is 12.1. The van der Waals surface area contributed by atoms with Gasteiger partial charge in [0.1, 0.15) is 6.04 Å². The first-order valence-electron chi connectivity index (χ1n) is 7.34. The summed E-state index contributed by atoms with van der Waals surface area (Å²) >= 11 is 0. The molecule has 1 saturated carbocycles. The number of hydrogen-bond donors (Lipinski definition) is 2. The molecule has 108 valence electrons. The molecule has 19 heavy (non-hydrogen) atoms. The second kappa shape index (κ2) is 6.26. The van der Waals surface area contributed by atoms with Crippen LogP contribution in [0.15, 0.2) is 0 Å². The Bertz CT molecular complexity index is 342. The maximum absolute atomic E-state index is 12.1. The van der Waals surface area contributed by atoms with E-state index in [4.69, 9.17) is 5.11 Å². The molecule has 1 heterocycles. The van der Waals surface area contributed by atoms with E-state index >= 15 is 0 Å². The van der Waals surface area contributed by atoms with Crippen LogP contribution in [0.1, 0.15) is 45.4 Å². The Morgan fingerprint density at radius 2 is 2.00 bits per heavy atom. The topological polar surface area (TPSA) is 69.6 Å². The third-order valence-corrected chi connectivity index (χ3v) is 4.17. The molecule has 2 rings (SSSR count). The van der Waals surface area contributed by atoms with Gasteiger partial charge >= 0.3 is 12.0 Å². The summed E-state index contributed by atoms with van der Waals surface area (Å²) in [4.78, 5) is 25.1. The molecule has 1 aliphatic heterocycles. The summed E-state index contributed by atoms with van der Waals surface area (Å²) in [6.45, 7) is 3.68. The monoisotopic (exact) mass is 268 g/mol. The van der Waals surface area contributed by atoms with E-state index in [9.17, 15) is 9.59 Å². The molecule has 2 atom stereocenters. The Kier molecular flexibility index (Phi) is 4.66. The first kappa shape index (κ1) is 14.2. The van der Waals surface area contributed by atoms with Crippen LogP contribution in [-0.2, 0) is 4.79 Å². The summed E-state index contributed by atoms with van der Waals surface area (Å²) in [5.41, 5.74) is 0. The Morgan fingerprint density at radius 1 is 1.26 bits per heavy atom. The van der Waals surface area contributed by atoms with E-state index in [0.717, 1.165) is 45.2 Å². The Labute approximate surface area is 114 Å². The van der Waals surface area contributed by atoms with E-state index in [1.807, 2.05) is 0 Å². The second-order valence-electron chi connectivity index (χ2n) is 6.04. The lowest BCUT2D eigenvalue weighted by atomic mass is 10.0. The average molecular weight is 268 g/mol. The SMILES string of the molecule is CC1CCCN(C(=O)N[C@@H](CC2CC2)C(=O)O)CC1. The lowest BCUT2D eigenvalue weighted by Crippen LogP contribution is -2.48. The Balaban J connectivity index is 1.84. The normalized spacial score (nSPS) is 25.5. The molecule has 0 aromatic heterocycles. The smallest absolute Gasteiger partial charge is 0.326 e. The fourth-order valence-corrected chi connectivity index (χ4v) is 2.61. The average Bonchev–Trinajstić information content (AvgIpc) is 3.16. The van der Waals surface area contributed by atoms with Crippen molar-refractivity contribution in [2.24, 2.45) is 11.8 Å². The molecule has 0 aromatic rings. The van der Waals surface area contributed by atoms with Crippen LogP contribution in [-0.4, -0.2) is 41.1 Å². The highest BCUT2D eigenvalue weighted by Gasteiger charge is 2.31. The van der Waals surface area contributed by atoms with Crippen LogP contribution in [0.2, 0.25) is 0 Å². The van der Waals surface area contributed by atoms with Gasteiger partial charge in [-0.05, 0) is 37.5 Å². The second-order valence-corrected chi connectivity index (χ2v) is 6.04. The summed E-state index contributed by atoms with van der Waals surface area (Å²) in [5.74, 6) is 0.230. The molecule has 0 aromatic carbocycles. The summed E-state index contributed by atoms with van der Waals surface area (Å²) in [5, 5.41) is 11.8. The summed E-state index contributed by atoms with van der Waals surface area (Å²) < 4.78 is 0. The molecule has 2 aliphatic rings. The van der Waals surface area contributed by atoms with Crippen LogP contribution >= 0.6 is 0 Å². The number of likely N-dealkylation sites (tertiary alicyclic amines) is 1. The lowest BCUT2D eigenvalue weighted by molar-refractivity contribution is -0.139. The van der Waals surface area contributed by atoms with Crippen molar-refractivity contribution >= 4 is 12.0 Å². The molecule has 0 bridgehead atoms. The quantitative estimate of drug-likeness (QED) is 0.820. The number of carbonyl (C=O) groups is 2. The van der Waals surface area contributed by atoms with E-state index in [1.54, 1.807) is 4.90 Å². The van der Waals surface area contributed by atoms with Crippen molar-refractivity contribution in [3.63, 3.8) is 0 Å². The van der Waals surface area contributed by atoms with E-state index in [0.29, 0.717) is 18.3 Å². The molecule has 1 aliphatic carbocycles. The van der Waals surface area contributed by atoms with Crippen LogP contribution in [0.3, 0.4) is 0 Å². The van der Waals surface area contributed by atoms with E-state index in [2.05, 4.69) is 12.2 Å². The molecule has 5 nitrogen and oxygen atoms in total. The molecule has 0 spiro atoms. The highest BCUT2D eigenvalue weighted by molar-refractivity contribution is 5.82. The van der Waals surface area contributed by atoms with Crippen molar-refractivity contribution in [3.8, 4) is 0 Å². The number of hydrogen-bond acceptors (Lipinski definition) is 2. The minimum absolute atomic E-state index is 0.206. The highest BCUT2D eigenvalue weighted by Crippen LogP contribution is 2.33. The zero-order valence-corrected chi connectivity index (χ0v) is 11.6. The largest absolute Gasteiger partial charge is 0.480 e. The fourth-order valence-electron chi connectivity index (χ4n) is 2.61. The zero-order valence-electron chi connectivity index (χ0n) is 11.6. The Morgan fingerprint density at radius 3 is 2.63 bits per heavy atom. The fraction of sp³-hybridized carbons (Fsp3) is 0.857. The summed E-state index contributed by atoms with van der Waals surface area (Å²) in [6, 6.07) is -0.928. The third-order valence-electron chi connectivity index (χ3n) is 4.17. The summed E-state index contributed by atoms with van der Waals surface area (Å²) in [6.07, 6.45) is 5.93. The maximum Gasteiger partial charge on any atom is 0.326 e. The zero-order chi connectivity index (χ0) is 13.8. The van der Waals surface area contributed by atoms with Gasteiger partial charge < -0.3 is 15.3 Å². The van der Waals surface area contributed by atoms with Gasteiger partial charge in [0.2, 0.25) is 0 Å². The number of amides is 2. The van der Waals surface area contributed by atoms with Gasteiger partial charge in [0.25, 0.3) is 0 Å². The predicted octanol–water partition coefficient (Wildman–Crippen LogP) is 2.07. The van der Waals surface area contributed by atoms with Gasteiger partial charge in [0.05, 0.1) is 0 Å². The number of urea groups is 1. The molecule has 0 radical (unpaired) electrons. The first-order valence-corrected chi connectivity index (χ1v) is 7.34. The van der Waals surface area contributed by atoms with Crippen molar-refractivity contribution in [2.45, 2.75) is 51.5 Å². The number of nitrogens with zero attached hydrogens (tertiary/aromatic N) is 1. The molecule has 5 heteroatoms. The molecular weight excluding hydrogens is 244 g/mol. The lowest BCUT2D eigenvalue weighted by Gasteiger charge is -2.23. The summed E-state index contributed by atoms with van der Waals surface area (Å²) in [7, 11) is 0. The van der Waals surface area contributed by atoms with Gasteiger partial charge in [0.15, 0.2) is 0 Å². The van der Waals surface area contributed by atoms with Gasteiger partial charge in [-0.25, -0.2) is 9.59 Å². The van der Waals surface area contributed by atoms with Crippen LogP contribution in [0.25, 0.3) is 0 Å². The molecule has 1 saturated heterocycles. The van der Waals surface area contributed by atoms with Crippen molar-refractivity contribution in [2.75, 3.05) is 13.1 Å².